The summed E-state index contributed by atoms with van der Waals surface area (Å²) in [6.45, 7) is 1.81. The fourth-order valence-electron chi connectivity index (χ4n) is 2.23. The van der Waals surface area contributed by atoms with Crippen molar-refractivity contribution < 1.29 is 19.4 Å². The number of ether oxygens (including phenoxy) is 2. The number of hydrogen-bond donors (Lipinski definition) is 1. The predicted molar refractivity (Wildman–Crippen MR) is 70.9 cm³/mol. The predicted octanol–water partition coefficient (Wildman–Crippen LogP) is 1.74. The van der Waals surface area contributed by atoms with Crippen LogP contribution in [0.3, 0.4) is 0 Å². The van der Waals surface area contributed by atoms with Gasteiger partial charge in [-0.15, -0.1) is 10.2 Å². The zero-order valence-corrected chi connectivity index (χ0v) is 10.8. The van der Waals surface area contributed by atoms with Gasteiger partial charge in [0.15, 0.2) is 5.75 Å². The van der Waals surface area contributed by atoms with Crippen molar-refractivity contribution in [3.05, 3.63) is 30.0 Å². The molecule has 0 amide bonds. The molecular weight excluding hydrogens is 260 g/mol. The molecule has 1 aliphatic rings. The van der Waals surface area contributed by atoms with Crippen LogP contribution in [0.4, 0.5) is 0 Å². The highest BCUT2D eigenvalue weighted by molar-refractivity contribution is 5.96. The Morgan fingerprint density at radius 1 is 1.40 bits per heavy atom. The maximum Gasteiger partial charge on any atom is 0.360 e. The Kier molecular flexibility index (Phi) is 3.47. The molecule has 1 atom stereocenters. The van der Waals surface area contributed by atoms with Crippen molar-refractivity contribution in [3.63, 3.8) is 0 Å². The summed E-state index contributed by atoms with van der Waals surface area (Å²) >= 11 is 0. The maximum absolute atomic E-state index is 11.3. The van der Waals surface area contributed by atoms with Crippen molar-refractivity contribution in [1.82, 2.24) is 10.2 Å². The number of carboxylic acids is 1. The van der Waals surface area contributed by atoms with Crippen LogP contribution in [-0.2, 0) is 4.74 Å². The number of carboxylic acid groups (broad SMARTS) is 1. The summed E-state index contributed by atoms with van der Waals surface area (Å²) in [7, 11) is 0. The number of aromatic carboxylic acids is 1. The van der Waals surface area contributed by atoms with Crippen LogP contribution >= 0.6 is 0 Å². The Morgan fingerprint density at radius 3 is 3.00 bits per heavy atom. The van der Waals surface area contributed by atoms with Gasteiger partial charge in [0.1, 0.15) is 0 Å². The van der Waals surface area contributed by atoms with Crippen LogP contribution in [0.25, 0.3) is 10.9 Å². The average Bonchev–Trinajstić information content (AvgIpc) is 2.97. The second kappa shape index (κ2) is 5.42. The lowest BCUT2D eigenvalue weighted by Crippen LogP contribution is -2.15. The Balaban J connectivity index is 1.96. The first-order valence-electron chi connectivity index (χ1n) is 6.45. The van der Waals surface area contributed by atoms with E-state index in [1.165, 1.54) is 0 Å². The standard InChI is InChI=1S/C14H14N2O4/c17-14(18)12-13(20-8-9-5-6-19-7-9)10-3-1-2-4-11(10)15-16-12/h1-4,9H,5-8H2,(H,17,18). The lowest BCUT2D eigenvalue weighted by molar-refractivity contribution is 0.0683. The minimum absolute atomic E-state index is 0.150. The van der Waals surface area contributed by atoms with E-state index in [9.17, 15) is 9.90 Å². The first-order valence-corrected chi connectivity index (χ1v) is 6.45. The second-order valence-corrected chi connectivity index (χ2v) is 4.74. The van der Waals surface area contributed by atoms with Gasteiger partial charge in [0, 0.05) is 17.9 Å². The van der Waals surface area contributed by atoms with Crippen LogP contribution in [0.1, 0.15) is 16.9 Å². The van der Waals surface area contributed by atoms with Crippen molar-refractivity contribution >= 4 is 16.9 Å². The number of carbonyl (C=O) groups is 1. The number of hydrogen-bond acceptors (Lipinski definition) is 5. The number of benzene rings is 1. The third-order valence-electron chi connectivity index (χ3n) is 3.31. The molecule has 1 fully saturated rings. The largest absolute Gasteiger partial charge is 0.490 e. The van der Waals surface area contributed by atoms with Gasteiger partial charge in [0.2, 0.25) is 5.69 Å². The Morgan fingerprint density at radius 2 is 2.25 bits per heavy atom. The Bertz CT molecular complexity index is 638. The highest BCUT2D eigenvalue weighted by Crippen LogP contribution is 2.28. The van der Waals surface area contributed by atoms with Crippen LogP contribution in [0.15, 0.2) is 24.3 Å². The summed E-state index contributed by atoms with van der Waals surface area (Å²) in [5, 5.41) is 17.5. The normalized spacial score (nSPS) is 18.3. The number of aromatic nitrogens is 2. The highest BCUT2D eigenvalue weighted by atomic mass is 16.5. The van der Waals surface area contributed by atoms with Crippen molar-refractivity contribution in [2.75, 3.05) is 19.8 Å². The van der Waals surface area contributed by atoms with Gasteiger partial charge in [0.05, 0.1) is 18.7 Å². The lowest BCUT2D eigenvalue weighted by atomic mass is 10.1. The van der Waals surface area contributed by atoms with Crippen molar-refractivity contribution in [1.29, 1.82) is 0 Å². The first-order chi connectivity index (χ1) is 9.75. The third-order valence-corrected chi connectivity index (χ3v) is 3.31. The topological polar surface area (TPSA) is 81.5 Å². The van der Waals surface area contributed by atoms with Crippen molar-refractivity contribution in [3.8, 4) is 5.75 Å². The molecule has 1 aromatic heterocycles. The zero-order valence-electron chi connectivity index (χ0n) is 10.8. The molecule has 0 aliphatic carbocycles. The van der Waals surface area contributed by atoms with Crippen molar-refractivity contribution in [2.45, 2.75) is 6.42 Å². The van der Waals surface area contributed by atoms with E-state index >= 15 is 0 Å². The van der Waals surface area contributed by atoms with E-state index in [2.05, 4.69) is 10.2 Å². The molecule has 1 aromatic carbocycles. The van der Waals surface area contributed by atoms with E-state index < -0.39 is 5.97 Å². The molecule has 0 radical (unpaired) electrons. The summed E-state index contributed by atoms with van der Waals surface area (Å²) in [5.41, 5.74) is 0.470. The van der Waals surface area contributed by atoms with E-state index in [0.29, 0.717) is 30.0 Å². The van der Waals surface area contributed by atoms with E-state index in [-0.39, 0.29) is 11.4 Å². The van der Waals surface area contributed by atoms with Gasteiger partial charge >= 0.3 is 5.97 Å². The Hall–Kier alpha value is -2.21. The zero-order chi connectivity index (χ0) is 13.9. The van der Waals surface area contributed by atoms with Crippen LogP contribution in [-0.4, -0.2) is 41.1 Å². The van der Waals surface area contributed by atoms with Crippen LogP contribution in [0.5, 0.6) is 5.75 Å². The summed E-state index contributed by atoms with van der Waals surface area (Å²) in [5.74, 6) is -0.556. The number of fused-ring (bicyclic) bond motifs is 1. The first kappa shape index (κ1) is 12.8. The molecular formula is C14H14N2O4. The fourth-order valence-corrected chi connectivity index (χ4v) is 2.23. The third kappa shape index (κ3) is 2.42. The van der Waals surface area contributed by atoms with Gasteiger partial charge in [-0.05, 0) is 18.6 Å². The van der Waals surface area contributed by atoms with Crippen LogP contribution < -0.4 is 4.74 Å². The SMILES string of the molecule is O=C(O)c1nnc2ccccc2c1OCC1CCOC1. The van der Waals surface area contributed by atoms with E-state index in [4.69, 9.17) is 9.47 Å². The molecule has 6 heteroatoms. The summed E-state index contributed by atoms with van der Waals surface area (Å²) in [4.78, 5) is 11.3. The maximum atomic E-state index is 11.3. The summed E-state index contributed by atoms with van der Waals surface area (Å²) in [6, 6.07) is 7.21. The molecule has 0 spiro atoms. The molecule has 0 saturated carbocycles. The van der Waals surface area contributed by atoms with Gasteiger partial charge in [-0.25, -0.2) is 4.79 Å². The van der Waals surface area contributed by atoms with Gasteiger partial charge < -0.3 is 14.6 Å². The number of rotatable bonds is 4. The quantitative estimate of drug-likeness (QED) is 0.914. The monoisotopic (exact) mass is 274 g/mol. The molecule has 1 saturated heterocycles. The van der Waals surface area contributed by atoms with E-state index in [1.54, 1.807) is 12.1 Å². The molecule has 6 nitrogen and oxygen atoms in total. The molecule has 3 rings (SSSR count). The van der Waals surface area contributed by atoms with Crippen LogP contribution in [0.2, 0.25) is 0 Å². The van der Waals surface area contributed by atoms with E-state index in [1.807, 2.05) is 12.1 Å². The molecule has 1 unspecified atom stereocenters. The minimum atomic E-state index is -1.14. The van der Waals surface area contributed by atoms with Gasteiger partial charge in [-0.1, -0.05) is 12.1 Å². The molecule has 1 aliphatic heterocycles. The number of nitrogens with zero attached hydrogens (tertiary/aromatic N) is 2. The second-order valence-electron chi connectivity index (χ2n) is 4.74. The van der Waals surface area contributed by atoms with E-state index in [0.717, 1.165) is 13.0 Å². The average molecular weight is 274 g/mol. The van der Waals surface area contributed by atoms with Crippen molar-refractivity contribution in [2.24, 2.45) is 5.92 Å². The van der Waals surface area contributed by atoms with Gasteiger partial charge in [-0.2, -0.15) is 0 Å². The van der Waals surface area contributed by atoms with Gasteiger partial charge in [-0.3, -0.25) is 0 Å². The Labute approximate surface area is 115 Å². The lowest BCUT2D eigenvalue weighted by Gasteiger charge is -2.13. The summed E-state index contributed by atoms with van der Waals surface area (Å²) < 4.78 is 11.0. The molecule has 1 N–H and O–H groups in total. The molecule has 20 heavy (non-hydrogen) atoms. The highest BCUT2D eigenvalue weighted by Gasteiger charge is 2.21. The minimum Gasteiger partial charge on any atom is -0.490 e. The molecule has 104 valence electrons. The molecule has 0 bridgehead atoms. The molecule has 2 aromatic rings. The van der Waals surface area contributed by atoms with Crippen LogP contribution in [0, 0.1) is 5.92 Å². The molecule has 2 heterocycles. The fraction of sp³-hybridized carbons (Fsp3) is 0.357. The smallest absolute Gasteiger partial charge is 0.360 e. The van der Waals surface area contributed by atoms with Gasteiger partial charge in [0.25, 0.3) is 0 Å². The summed E-state index contributed by atoms with van der Waals surface area (Å²) in [6.07, 6.45) is 0.929.